The highest BCUT2D eigenvalue weighted by molar-refractivity contribution is 9.10. The Balaban J connectivity index is 0.00000208. The molecule has 0 radical (unpaired) electrons. The van der Waals surface area contributed by atoms with E-state index in [0.717, 1.165) is 30.2 Å². The number of carbonyl (C=O) groups excluding carboxylic acids is 2. The van der Waals surface area contributed by atoms with Crippen molar-refractivity contribution < 1.29 is 14.3 Å². The van der Waals surface area contributed by atoms with Gasteiger partial charge in [-0.15, -0.1) is 12.4 Å². The van der Waals surface area contributed by atoms with Gasteiger partial charge in [0.1, 0.15) is 12.3 Å². The zero-order valence-electron chi connectivity index (χ0n) is 13.2. The van der Waals surface area contributed by atoms with E-state index >= 15 is 0 Å². The molecule has 1 aliphatic heterocycles. The topological polar surface area (TPSA) is 84.7 Å². The quantitative estimate of drug-likeness (QED) is 0.783. The number of amides is 2. The first-order valence-electron chi connectivity index (χ1n) is 7.77. The van der Waals surface area contributed by atoms with Crippen LogP contribution in [0.1, 0.15) is 25.7 Å². The van der Waals surface area contributed by atoms with Gasteiger partial charge in [-0.3, -0.25) is 14.5 Å². The molecule has 3 rings (SSSR count). The lowest BCUT2D eigenvalue weighted by molar-refractivity contribution is -0.126. The third-order valence-electron chi connectivity index (χ3n) is 4.52. The molecule has 6 nitrogen and oxygen atoms in total. The highest BCUT2D eigenvalue weighted by Crippen LogP contribution is 2.34. The van der Waals surface area contributed by atoms with Gasteiger partial charge in [0.2, 0.25) is 5.91 Å². The molecule has 24 heavy (non-hydrogen) atoms. The zero-order chi connectivity index (χ0) is 16.4. The molecule has 1 saturated carbocycles. The molecule has 1 aromatic carbocycles. The highest BCUT2D eigenvalue weighted by atomic mass is 79.9. The number of nitrogens with zero attached hydrogens (tertiary/aromatic N) is 1. The summed E-state index contributed by atoms with van der Waals surface area (Å²) in [4.78, 5) is 26.1. The van der Waals surface area contributed by atoms with Crippen LogP contribution in [0.25, 0.3) is 0 Å². The molecular weight excluding hydrogens is 398 g/mol. The van der Waals surface area contributed by atoms with Crippen LogP contribution in [-0.4, -0.2) is 37.0 Å². The van der Waals surface area contributed by atoms with Crippen LogP contribution in [0.15, 0.2) is 22.7 Å². The third-order valence-corrected chi connectivity index (χ3v) is 5.02. The monoisotopic (exact) mass is 417 g/mol. The molecule has 1 aliphatic carbocycles. The van der Waals surface area contributed by atoms with Gasteiger partial charge in [-0.1, -0.05) is 28.8 Å². The number of halogens is 2. The minimum Gasteiger partial charge on any atom is -0.482 e. The standard InChI is InChI=1S/C16H20BrN3O3.ClH/c17-11-3-4-12-13(7-11)23-9-15(22)20(12)8-14(21)19-16(10-18)5-1-2-6-16;/h3-4,7H,1-2,5-6,8-10,18H2,(H,19,21);1H. The van der Waals surface area contributed by atoms with Crippen molar-refractivity contribution in [3.8, 4) is 5.75 Å². The van der Waals surface area contributed by atoms with E-state index in [1.807, 2.05) is 6.07 Å². The van der Waals surface area contributed by atoms with Crippen molar-refractivity contribution in [1.82, 2.24) is 5.32 Å². The van der Waals surface area contributed by atoms with Gasteiger partial charge in [0, 0.05) is 11.0 Å². The zero-order valence-corrected chi connectivity index (χ0v) is 15.6. The van der Waals surface area contributed by atoms with Gasteiger partial charge < -0.3 is 15.8 Å². The van der Waals surface area contributed by atoms with Crippen LogP contribution in [-0.2, 0) is 9.59 Å². The van der Waals surface area contributed by atoms with Crippen molar-refractivity contribution in [3.05, 3.63) is 22.7 Å². The first kappa shape index (κ1) is 19.0. The summed E-state index contributed by atoms with van der Waals surface area (Å²) in [6.07, 6.45) is 3.95. The maximum Gasteiger partial charge on any atom is 0.265 e. The van der Waals surface area contributed by atoms with Gasteiger partial charge in [-0.25, -0.2) is 0 Å². The Morgan fingerprint density at radius 1 is 1.38 bits per heavy atom. The molecule has 1 fully saturated rings. The fourth-order valence-corrected chi connectivity index (χ4v) is 3.60. The van der Waals surface area contributed by atoms with Crippen LogP contribution in [0.5, 0.6) is 5.75 Å². The molecule has 2 aliphatic rings. The molecule has 132 valence electrons. The number of anilines is 1. The van der Waals surface area contributed by atoms with Gasteiger partial charge in [-0.05, 0) is 31.0 Å². The van der Waals surface area contributed by atoms with E-state index in [1.54, 1.807) is 12.1 Å². The number of nitrogens with one attached hydrogen (secondary N) is 1. The molecular formula is C16H21BrClN3O3. The van der Waals surface area contributed by atoms with Gasteiger partial charge >= 0.3 is 0 Å². The van der Waals surface area contributed by atoms with Crippen LogP contribution in [0.3, 0.4) is 0 Å². The van der Waals surface area contributed by atoms with E-state index in [-0.39, 0.29) is 42.9 Å². The van der Waals surface area contributed by atoms with Crippen LogP contribution >= 0.6 is 28.3 Å². The first-order chi connectivity index (χ1) is 11.0. The summed E-state index contributed by atoms with van der Waals surface area (Å²) >= 11 is 3.37. The summed E-state index contributed by atoms with van der Waals surface area (Å²) in [5.74, 6) is 0.200. The number of hydrogen-bond donors (Lipinski definition) is 2. The molecule has 8 heteroatoms. The molecule has 0 unspecified atom stereocenters. The fourth-order valence-electron chi connectivity index (χ4n) is 3.26. The highest BCUT2D eigenvalue weighted by Gasteiger charge is 2.35. The van der Waals surface area contributed by atoms with Crippen molar-refractivity contribution >= 4 is 45.8 Å². The average molecular weight is 419 g/mol. The normalized spacial score (nSPS) is 18.4. The lowest BCUT2D eigenvalue weighted by Crippen LogP contribution is -2.55. The van der Waals surface area contributed by atoms with Gasteiger partial charge in [0.05, 0.1) is 11.2 Å². The van der Waals surface area contributed by atoms with Crippen LogP contribution in [0.4, 0.5) is 5.69 Å². The molecule has 0 saturated heterocycles. The van der Waals surface area contributed by atoms with E-state index in [9.17, 15) is 9.59 Å². The Hall–Kier alpha value is -1.31. The second-order valence-electron chi connectivity index (χ2n) is 6.12. The number of benzene rings is 1. The van der Waals surface area contributed by atoms with Crippen molar-refractivity contribution in [2.45, 2.75) is 31.2 Å². The van der Waals surface area contributed by atoms with E-state index < -0.39 is 0 Å². The van der Waals surface area contributed by atoms with E-state index in [1.165, 1.54) is 4.90 Å². The number of ether oxygens (including phenoxy) is 1. The van der Waals surface area contributed by atoms with Crippen molar-refractivity contribution in [2.75, 3.05) is 24.6 Å². The average Bonchev–Trinajstić information content (AvgIpc) is 2.99. The van der Waals surface area contributed by atoms with E-state index in [2.05, 4.69) is 21.2 Å². The Kier molecular flexibility index (Phi) is 6.11. The Labute approximate surface area is 155 Å². The molecule has 0 spiro atoms. The number of rotatable bonds is 4. The second kappa shape index (κ2) is 7.72. The maximum atomic E-state index is 12.4. The molecule has 0 bridgehead atoms. The third kappa shape index (κ3) is 3.84. The smallest absolute Gasteiger partial charge is 0.265 e. The lowest BCUT2D eigenvalue weighted by atomic mass is 9.98. The maximum absolute atomic E-state index is 12.4. The summed E-state index contributed by atoms with van der Waals surface area (Å²) < 4.78 is 6.29. The Morgan fingerprint density at radius 2 is 2.08 bits per heavy atom. The molecule has 3 N–H and O–H groups in total. The largest absolute Gasteiger partial charge is 0.482 e. The van der Waals surface area contributed by atoms with Crippen LogP contribution in [0, 0.1) is 0 Å². The van der Waals surface area contributed by atoms with Crippen molar-refractivity contribution in [2.24, 2.45) is 5.73 Å². The van der Waals surface area contributed by atoms with Crippen LogP contribution < -0.4 is 20.7 Å². The minimum atomic E-state index is -0.311. The van der Waals surface area contributed by atoms with Crippen LogP contribution in [0.2, 0.25) is 0 Å². The molecule has 2 amide bonds. The predicted octanol–water partition coefficient (Wildman–Crippen LogP) is 1.98. The summed E-state index contributed by atoms with van der Waals surface area (Å²) in [6, 6.07) is 5.40. The van der Waals surface area contributed by atoms with E-state index in [0.29, 0.717) is 18.0 Å². The predicted molar refractivity (Wildman–Crippen MR) is 97.6 cm³/mol. The minimum absolute atomic E-state index is 0. The fraction of sp³-hybridized carbons (Fsp3) is 0.500. The number of hydrogen-bond acceptors (Lipinski definition) is 4. The Bertz CT molecular complexity index is 635. The number of fused-ring (bicyclic) bond motifs is 1. The molecule has 1 heterocycles. The summed E-state index contributed by atoms with van der Waals surface area (Å²) in [5, 5.41) is 3.04. The molecule has 0 aromatic heterocycles. The first-order valence-corrected chi connectivity index (χ1v) is 8.56. The van der Waals surface area contributed by atoms with Crippen molar-refractivity contribution in [1.29, 1.82) is 0 Å². The summed E-state index contributed by atoms with van der Waals surface area (Å²) in [5.41, 5.74) is 6.16. The molecule has 0 atom stereocenters. The molecule has 1 aromatic rings. The Morgan fingerprint density at radius 3 is 2.75 bits per heavy atom. The number of nitrogens with two attached hydrogens (primary N) is 1. The van der Waals surface area contributed by atoms with E-state index in [4.69, 9.17) is 10.5 Å². The SMILES string of the molecule is Cl.NCC1(NC(=O)CN2C(=O)COc3cc(Br)ccc32)CCCC1. The van der Waals surface area contributed by atoms with Gasteiger partial charge in [0.15, 0.2) is 6.61 Å². The summed E-state index contributed by atoms with van der Waals surface area (Å²) in [7, 11) is 0. The second-order valence-corrected chi connectivity index (χ2v) is 7.04. The van der Waals surface area contributed by atoms with Gasteiger partial charge in [-0.2, -0.15) is 0 Å². The van der Waals surface area contributed by atoms with Gasteiger partial charge in [0.25, 0.3) is 5.91 Å². The summed E-state index contributed by atoms with van der Waals surface area (Å²) in [6.45, 7) is 0.358. The van der Waals surface area contributed by atoms with Crippen molar-refractivity contribution in [3.63, 3.8) is 0 Å². The number of carbonyl (C=O) groups is 2. The lowest BCUT2D eigenvalue weighted by Gasteiger charge is -2.32.